The summed E-state index contributed by atoms with van der Waals surface area (Å²) < 4.78 is 13.5. The second kappa shape index (κ2) is 7.34. The van der Waals surface area contributed by atoms with Gasteiger partial charge in [-0.1, -0.05) is 18.2 Å². The molecule has 6 heteroatoms. The van der Waals surface area contributed by atoms with E-state index in [1.165, 1.54) is 6.07 Å². The first-order valence-corrected chi connectivity index (χ1v) is 8.22. The van der Waals surface area contributed by atoms with Gasteiger partial charge in [0, 0.05) is 17.4 Å². The molecule has 25 heavy (non-hydrogen) atoms. The van der Waals surface area contributed by atoms with Crippen molar-refractivity contribution in [3.05, 3.63) is 59.4 Å². The van der Waals surface area contributed by atoms with Crippen LogP contribution >= 0.6 is 0 Å². The van der Waals surface area contributed by atoms with E-state index in [-0.39, 0.29) is 30.2 Å². The van der Waals surface area contributed by atoms with Crippen LogP contribution in [-0.4, -0.2) is 24.4 Å². The first kappa shape index (κ1) is 17.0. The van der Waals surface area contributed by atoms with Crippen LogP contribution in [0.4, 0.5) is 15.8 Å². The van der Waals surface area contributed by atoms with Gasteiger partial charge in [0.25, 0.3) is 5.91 Å². The Labute approximate surface area is 145 Å². The standard InChI is InChI=1S/C19H20FN3O2/c1-12-6-7-14(10-16(12)20)22-18(24)11-21-17-5-3-2-4-15(17)19(25)23-13-8-9-13/h2-7,10,13,21H,8-9,11H2,1H3,(H,22,24)(H,23,25). The summed E-state index contributed by atoms with van der Waals surface area (Å²) in [6, 6.07) is 11.8. The average Bonchev–Trinajstić information content (AvgIpc) is 3.40. The Morgan fingerprint density at radius 3 is 2.64 bits per heavy atom. The van der Waals surface area contributed by atoms with Crippen molar-refractivity contribution >= 4 is 23.2 Å². The number of hydrogen-bond acceptors (Lipinski definition) is 3. The third kappa shape index (κ3) is 4.56. The zero-order valence-corrected chi connectivity index (χ0v) is 13.9. The highest BCUT2D eigenvalue weighted by atomic mass is 19.1. The Morgan fingerprint density at radius 2 is 1.92 bits per heavy atom. The summed E-state index contributed by atoms with van der Waals surface area (Å²) in [7, 11) is 0. The highest BCUT2D eigenvalue weighted by Crippen LogP contribution is 2.21. The molecule has 0 unspecified atom stereocenters. The molecule has 2 aromatic carbocycles. The van der Waals surface area contributed by atoms with Gasteiger partial charge in [-0.2, -0.15) is 0 Å². The van der Waals surface area contributed by atoms with Crippen molar-refractivity contribution in [1.29, 1.82) is 0 Å². The summed E-state index contributed by atoms with van der Waals surface area (Å²) in [6.07, 6.45) is 2.02. The van der Waals surface area contributed by atoms with E-state index >= 15 is 0 Å². The van der Waals surface area contributed by atoms with E-state index in [4.69, 9.17) is 0 Å². The van der Waals surface area contributed by atoms with Gasteiger partial charge < -0.3 is 16.0 Å². The summed E-state index contributed by atoms with van der Waals surface area (Å²) in [5, 5.41) is 8.52. The predicted octanol–water partition coefficient (Wildman–Crippen LogP) is 3.08. The van der Waals surface area contributed by atoms with Crippen molar-refractivity contribution in [3.8, 4) is 0 Å². The van der Waals surface area contributed by atoms with Crippen LogP contribution in [-0.2, 0) is 4.79 Å². The Kier molecular flexibility index (Phi) is 4.97. The number of anilines is 2. The Bertz CT molecular complexity index is 803. The lowest BCUT2D eigenvalue weighted by molar-refractivity contribution is -0.114. The number of halogens is 1. The van der Waals surface area contributed by atoms with Crippen LogP contribution in [0.25, 0.3) is 0 Å². The summed E-state index contributed by atoms with van der Waals surface area (Å²) in [5.41, 5.74) is 2.01. The van der Waals surface area contributed by atoms with Gasteiger partial charge in [-0.15, -0.1) is 0 Å². The number of carbonyl (C=O) groups is 2. The van der Waals surface area contributed by atoms with Crippen LogP contribution in [0.1, 0.15) is 28.8 Å². The fourth-order valence-electron chi connectivity index (χ4n) is 2.38. The molecule has 5 nitrogen and oxygen atoms in total. The lowest BCUT2D eigenvalue weighted by Crippen LogP contribution is -2.27. The molecule has 1 aliphatic rings. The molecule has 130 valence electrons. The minimum Gasteiger partial charge on any atom is -0.376 e. The second-order valence-electron chi connectivity index (χ2n) is 6.16. The highest BCUT2D eigenvalue weighted by Gasteiger charge is 2.24. The van der Waals surface area contributed by atoms with Gasteiger partial charge in [0.15, 0.2) is 0 Å². The number of aryl methyl sites for hydroxylation is 1. The van der Waals surface area contributed by atoms with Gasteiger partial charge in [0.2, 0.25) is 5.91 Å². The molecule has 0 saturated heterocycles. The smallest absolute Gasteiger partial charge is 0.253 e. The molecule has 0 atom stereocenters. The Balaban J connectivity index is 1.59. The SMILES string of the molecule is Cc1ccc(NC(=O)CNc2ccccc2C(=O)NC2CC2)cc1F. The molecule has 3 rings (SSSR count). The molecule has 0 heterocycles. The average molecular weight is 341 g/mol. The summed E-state index contributed by atoms with van der Waals surface area (Å²) in [4.78, 5) is 24.3. The van der Waals surface area contributed by atoms with E-state index in [0.717, 1.165) is 12.8 Å². The topological polar surface area (TPSA) is 70.2 Å². The Hall–Kier alpha value is -2.89. The normalized spacial score (nSPS) is 13.2. The van der Waals surface area contributed by atoms with E-state index in [9.17, 15) is 14.0 Å². The first-order valence-electron chi connectivity index (χ1n) is 8.22. The van der Waals surface area contributed by atoms with Crippen molar-refractivity contribution in [3.63, 3.8) is 0 Å². The highest BCUT2D eigenvalue weighted by molar-refractivity contribution is 6.01. The molecule has 3 N–H and O–H groups in total. The maximum atomic E-state index is 13.5. The molecule has 0 spiro atoms. The van der Waals surface area contributed by atoms with E-state index in [0.29, 0.717) is 22.5 Å². The van der Waals surface area contributed by atoms with Crippen LogP contribution in [0.5, 0.6) is 0 Å². The number of hydrogen-bond donors (Lipinski definition) is 3. The maximum absolute atomic E-state index is 13.5. The summed E-state index contributed by atoms with van der Waals surface area (Å²) >= 11 is 0. The van der Waals surface area contributed by atoms with Crippen LogP contribution in [0.15, 0.2) is 42.5 Å². The van der Waals surface area contributed by atoms with Crippen molar-refractivity contribution < 1.29 is 14.0 Å². The molecule has 0 bridgehead atoms. The fourth-order valence-corrected chi connectivity index (χ4v) is 2.38. The lowest BCUT2D eigenvalue weighted by atomic mass is 10.1. The van der Waals surface area contributed by atoms with Gasteiger partial charge >= 0.3 is 0 Å². The van der Waals surface area contributed by atoms with Gasteiger partial charge in [0.1, 0.15) is 5.82 Å². The fraction of sp³-hybridized carbons (Fsp3) is 0.263. The van der Waals surface area contributed by atoms with Gasteiger partial charge in [0.05, 0.1) is 12.1 Å². The van der Waals surface area contributed by atoms with Crippen LogP contribution in [0.3, 0.4) is 0 Å². The largest absolute Gasteiger partial charge is 0.376 e. The maximum Gasteiger partial charge on any atom is 0.253 e. The quantitative estimate of drug-likeness (QED) is 0.756. The second-order valence-corrected chi connectivity index (χ2v) is 6.16. The number of benzene rings is 2. The van der Waals surface area contributed by atoms with E-state index in [2.05, 4.69) is 16.0 Å². The van der Waals surface area contributed by atoms with Crippen molar-refractivity contribution in [2.45, 2.75) is 25.8 Å². The molecule has 1 saturated carbocycles. The molecular formula is C19H20FN3O2. The van der Waals surface area contributed by atoms with Gasteiger partial charge in [-0.05, 0) is 49.6 Å². The van der Waals surface area contributed by atoms with E-state index in [1.54, 1.807) is 43.3 Å². The number of amides is 2. The zero-order chi connectivity index (χ0) is 17.8. The van der Waals surface area contributed by atoms with Crippen LogP contribution < -0.4 is 16.0 Å². The molecule has 0 aromatic heterocycles. The zero-order valence-electron chi connectivity index (χ0n) is 13.9. The van der Waals surface area contributed by atoms with E-state index < -0.39 is 0 Å². The van der Waals surface area contributed by atoms with Gasteiger partial charge in [-0.3, -0.25) is 9.59 Å². The monoisotopic (exact) mass is 341 g/mol. The number of para-hydroxylation sites is 1. The Morgan fingerprint density at radius 1 is 1.16 bits per heavy atom. The molecule has 1 aliphatic carbocycles. The number of nitrogens with one attached hydrogen (secondary N) is 3. The number of rotatable bonds is 6. The lowest BCUT2D eigenvalue weighted by Gasteiger charge is -2.12. The third-order valence-electron chi connectivity index (χ3n) is 3.98. The predicted molar refractivity (Wildman–Crippen MR) is 95.2 cm³/mol. The van der Waals surface area contributed by atoms with Gasteiger partial charge in [-0.25, -0.2) is 4.39 Å². The van der Waals surface area contributed by atoms with Crippen LogP contribution in [0.2, 0.25) is 0 Å². The molecule has 0 aliphatic heterocycles. The van der Waals surface area contributed by atoms with Crippen molar-refractivity contribution in [2.75, 3.05) is 17.2 Å². The third-order valence-corrected chi connectivity index (χ3v) is 3.98. The minimum absolute atomic E-state index is 0.0246. The first-order chi connectivity index (χ1) is 12.0. The minimum atomic E-state index is -0.368. The van der Waals surface area contributed by atoms with Crippen molar-refractivity contribution in [2.24, 2.45) is 0 Å². The van der Waals surface area contributed by atoms with Crippen LogP contribution in [0, 0.1) is 12.7 Å². The molecular weight excluding hydrogens is 321 g/mol. The summed E-state index contributed by atoms with van der Waals surface area (Å²) in [5.74, 6) is -0.833. The molecule has 2 amide bonds. The number of carbonyl (C=O) groups excluding carboxylic acids is 2. The van der Waals surface area contributed by atoms with E-state index in [1.807, 2.05) is 0 Å². The molecule has 1 fully saturated rings. The van der Waals surface area contributed by atoms with Crippen molar-refractivity contribution in [1.82, 2.24) is 5.32 Å². The molecule has 2 aromatic rings. The summed E-state index contributed by atoms with van der Waals surface area (Å²) in [6.45, 7) is 1.63. The molecule has 0 radical (unpaired) electrons.